The molecule has 0 aliphatic rings. The topological polar surface area (TPSA) is 111 Å². The van der Waals surface area contributed by atoms with Crippen molar-refractivity contribution in [2.45, 2.75) is 11.1 Å². The third kappa shape index (κ3) is 4.83. The van der Waals surface area contributed by atoms with Gasteiger partial charge in [0.25, 0.3) is 5.89 Å². The van der Waals surface area contributed by atoms with E-state index in [9.17, 15) is 26.4 Å². The number of imidazole rings is 1. The van der Waals surface area contributed by atoms with Crippen molar-refractivity contribution in [3.63, 3.8) is 0 Å². The normalized spacial score (nSPS) is 12.1. The molecule has 1 N–H and O–H groups in total. The summed E-state index contributed by atoms with van der Waals surface area (Å²) in [5.41, 5.74) is 0.809. The molecule has 0 unspecified atom stereocenters. The minimum absolute atomic E-state index is 0.0413. The van der Waals surface area contributed by atoms with Crippen LogP contribution in [0.2, 0.25) is 0 Å². The number of aromatic amines is 1. The van der Waals surface area contributed by atoms with Gasteiger partial charge >= 0.3 is 11.9 Å². The Kier molecular flexibility index (Phi) is 5.83. The zero-order valence-corrected chi connectivity index (χ0v) is 19.8. The van der Waals surface area contributed by atoms with Gasteiger partial charge < -0.3 is 4.42 Å². The molecule has 2 aromatic heterocycles. The van der Waals surface area contributed by atoms with Crippen molar-refractivity contribution in [1.82, 2.24) is 19.7 Å². The van der Waals surface area contributed by atoms with E-state index in [1.54, 1.807) is 42.5 Å². The molecule has 12 heteroatoms. The molecule has 8 nitrogen and oxygen atoms in total. The average Bonchev–Trinajstić information content (AvgIpc) is 3.50. The molecule has 0 radical (unpaired) electrons. The summed E-state index contributed by atoms with van der Waals surface area (Å²) in [7, 11) is -3.40. The first-order valence-corrected chi connectivity index (χ1v) is 12.6. The molecule has 0 atom stereocenters. The largest absolute Gasteiger partial charge is 0.434 e. The highest BCUT2D eigenvalue weighted by Gasteiger charge is 2.35. The van der Waals surface area contributed by atoms with Crippen LogP contribution in [0.4, 0.5) is 13.2 Å². The Hall–Kier alpha value is -4.45. The van der Waals surface area contributed by atoms with Crippen LogP contribution in [0.5, 0.6) is 0 Å². The highest BCUT2D eigenvalue weighted by molar-refractivity contribution is 7.90. The van der Waals surface area contributed by atoms with Crippen LogP contribution in [0.3, 0.4) is 0 Å². The van der Waals surface area contributed by atoms with Crippen molar-refractivity contribution >= 4 is 9.84 Å². The molecule has 37 heavy (non-hydrogen) atoms. The number of sulfone groups is 1. The Balaban J connectivity index is 1.64. The van der Waals surface area contributed by atoms with E-state index < -0.39 is 27.3 Å². The molecule has 0 spiro atoms. The maximum atomic E-state index is 13.8. The fourth-order valence-corrected chi connectivity index (χ4v) is 4.52. The monoisotopic (exact) mass is 526 g/mol. The number of alkyl halides is 3. The van der Waals surface area contributed by atoms with E-state index >= 15 is 0 Å². The van der Waals surface area contributed by atoms with Gasteiger partial charge in [-0.2, -0.15) is 13.2 Å². The van der Waals surface area contributed by atoms with Gasteiger partial charge in [0, 0.05) is 23.7 Å². The van der Waals surface area contributed by atoms with Crippen LogP contribution in [-0.2, 0) is 16.0 Å². The molecule has 3 aromatic carbocycles. The molecule has 5 rings (SSSR count). The summed E-state index contributed by atoms with van der Waals surface area (Å²) in [5.74, 6) is -1.05. The summed E-state index contributed by atoms with van der Waals surface area (Å²) in [5, 5.41) is 5.84. The Morgan fingerprint density at radius 1 is 0.946 bits per heavy atom. The molecule has 5 aromatic rings. The molecule has 0 bridgehead atoms. The number of H-pyrrole nitrogens is 1. The Morgan fingerprint density at radius 2 is 1.68 bits per heavy atom. The Morgan fingerprint density at radius 3 is 2.32 bits per heavy atom. The summed E-state index contributed by atoms with van der Waals surface area (Å²) in [6, 6.07) is 18.2. The van der Waals surface area contributed by atoms with Crippen molar-refractivity contribution in [3.8, 4) is 39.8 Å². The van der Waals surface area contributed by atoms with Gasteiger partial charge in [-0.1, -0.05) is 42.5 Å². The molecule has 0 saturated carbocycles. The number of nitrogens with zero attached hydrogens (tertiary/aromatic N) is 3. The second-order valence-electron chi connectivity index (χ2n) is 8.13. The first-order valence-electron chi connectivity index (χ1n) is 10.7. The molecule has 0 fully saturated rings. The van der Waals surface area contributed by atoms with Crippen molar-refractivity contribution < 1.29 is 26.0 Å². The second kappa shape index (κ2) is 8.89. The average molecular weight is 526 g/mol. The number of aromatic nitrogens is 4. The summed E-state index contributed by atoms with van der Waals surface area (Å²) >= 11 is 0. The van der Waals surface area contributed by atoms with Crippen LogP contribution in [0.1, 0.15) is 5.56 Å². The van der Waals surface area contributed by atoms with E-state index in [0.29, 0.717) is 16.8 Å². The zero-order valence-electron chi connectivity index (χ0n) is 19.0. The lowest BCUT2D eigenvalue weighted by Gasteiger charge is -2.14. The quantitative estimate of drug-likeness (QED) is 0.346. The summed E-state index contributed by atoms with van der Waals surface area (Å²) in [4.78, 5) is 15.9. The highest BCUT2D eigenvalue weighted by atomic mass is 32.2. The van der Waals surface area contributed by atoms with Crippen molar-refractivity contribution in [1.29, 1.82) is 0 Å². The summed E-state index contributed by atoms with van der Waals surface area (Å²) in [6.07, 6.45) is -2.10. The zero-order chi connectivity index (χ0) is 26.4. The van der Waals surface area contributed by atoms with Crippen LogP contribution >= 0.6 is 0 Å². The standard InChI is InChI=1S/C25H17F3N4O4S/c1-37(34,35)18-6-4-5-16(13-18)15-9-11-17(12-10-15)32-14-21(23-30-31-24(33)36-23)29-22(32)19-7-2-3-8-20(19)25(26,27)28/h2-14H,1H3,(H,31,33). The number of halogens is 3. The van der Waals surface area contributed by atoms with E-state index in [1.165, 1.54) is 35.0 Å². The maximum Gasteiger partial charge on any atom is 0.434 e. The number of nitrogens with one attached hydrogen (secondary N) is 1. The van der Waals surface area contributed by atoms with Crippen LogP contribution in [-0.4, -0.2) is 34.4 Å². The summed E-state index contributed by atoms with van der Waals surface area (Å²) in [6.45, 7) is 0. The first kappa shape index (κ1) is 24.3. The van der Waals surface area contributed by atoms with E-state index in [-0.39, 0.29) is 27.9 Å². The van der Waals surface area contributed by atoms with Gasteiger partial charge in [0.2, 0.25) is 0 Å². The number of hydrogen-bond acceptors (Lipinski definition) is 6. The third-order valence-corrected chi connectivity index (χ3v) is 6.69. The van der Waals surface area contributed by atoms with Crippen LogP contribution in [0.25, 0.3) is 39.8 Å². The molecule has 0 aliphatic carbocycles. The van der Waals surface area contributed by atoms with E-state index in [1.807, 2.05) is 0 Å². The van der Waals surface area contributed by atoms with Crippen LogP contribution in [0, 0.1) is 0 Å². The lowest BCUT2D eigenvalue weighted by molar-refractivity contribution is -0.137. The molecule has 0 amide bonds. The van der Waals surface area contributed by atoms with Crippen molar-refractivity contribution in [2.24, 2.45) is 0 Å². The SMILES string of the molecule is CS(=O)(=O)c1cccc(-c2ccc(-n3cc(-c4n[nH]c(=O)o4)nc3-c3ccccc3C(F)(F)F)cc2)c1. The number of benzene rings is 3. The molecular weight excluding hydrogens is 509 g/mol. The Bertz CT molecular complexity index is 1770. The lowest BCUT2D eigenvalue weighted by Crippen LogP contribution is -2.08. The number of rotatable bonds is 5. The molecule has 0 aliphatic heterocycles. The van der Waals surface area contributed by atoms with Crippen molar-refractivity contribution in [2.75, 3.05) is 6.26 Å². The fraction of sp³-hybridized carbons (Fsp3) is 0.0800. The maximum absolute atomic E-state index is 13.8. The van der Waals surface area contributed by atoms with Gasteiger partial charge in [-0.3, -0.25) is 4.57 Å². The van der Waals surface area contributed by atoms with Crippen molar-refractivity contribution in [3.05, 3.63) is 95.1 Å². The molecule has 0 saturated heterocycles. The third-order valence-electron chi connectivity index (χ3n) is 5.58. The van der Waals surface area contributed by atoms with Gasteiger partial charge in [-0.25, -0.2) is 23.3 Å². The molecule has 188 valence electrons. The number of hydrogen-bond donors (Lipinski definition) is 1. The molecule has 2 heterocycles. The minimum Gasteiger partial charge on any atom is -0.386 e. The highest BCUT2D eigenvalue weighted by Crippen LogP contribution is 2.38. The predicted octanol–water partition coefficient (Wildman–Crippen LogP) is 4.97. The van der Waals surface area contributed by atoms with Gasteiger partial charge in [0.15, 0.2) is 9.84 Å². The van der Waals surface area contributed by atoms with Gasteiger partial charge in [-0.05, 0) is 41.5 Å². The summed E-state index contributed by atoms with van der Waals surface area (Å²) < 4.78 is 71.6. The van der Waals surface area contributed by atoms with E-state index in [0.717, 1.165) is 12.3 Å². The van der Waals surface area contributed by atoms with Crippen LogP contribution < -0.4 is 5.76 Å². The van der Waals surface area contributed by atoms with Gasteiger partial charge in [0.05, 0.1) is 10.5 Å². The Labute approximate surface area is 208 Å². The van der Waals surface area contributed by atoms with E-state index in [4.69, 9.17) is 4.42 Å². The van der Waals surface area contributed by atoms with Crippen LogP contribution in [0.15, 0.2) is 93.1 Å². The first-order chi connectivity index (χ1) is 17.5. The molecular formula is C25H17F3N4O4S. The minimum atomic E-state index is -4.64. The second-order valence-corrected chi connectivity index (χ2v) is 10.1. The van der Waals surface area contributed by atoms with E-state index in [2.05, 4.69) is 15.2 Å². The predicted molar refractivity (Wildman–Crippen MR) is 129 cm³/mol. The van der Waals surface area contributed by atoms with Gasteiger partial charge in [-0.15, -0.1) is 5.10 Å². The fourth-order valence-electron chi connectivity index (χ4n) is 3.86. The van der Waals surface area contributed by atoms with Gasteiger partial charge in [0.1, 0.15) is 11.5 Å². The smallest absolute Gasteiger partial charge is 0.386 e. The lowest BCUT2D eigenvalue weighted by atomic mass is 10.0.